The van der Waals surface area contributed by atoms with E-state index in [1.807, 2.05) is 12.1 Å². The molecule has 0 aliphatic heterocycles. The highest BCUT2D eigenvalue weighted by Gasteiger charge is 2.03. The fourth-order valence-electron chi connectivity index (χ4n) is 3.88. The van der Waals surface area contributed by atoms with Gasteiger partial charge in [0.25, 0.3) is 0 Å². The molecule has 0 aromatic heterocycles. The molecule has 30 heavy (non-hydrogen) atoms. The summed E-state index contributed by atoms with van der Waals surface area (Å²) in [4.78, 5) is 0. The van der Waals surface area contributed by atoms with Gasteiger partial charge in [0.1, 0.15) is 11.6 Å². The van der Waals surface area contributed by atoms with Crippen molar-refractivity contribution < 1.29 is 8.78 Å². The highest BCUT2D eigenvalue weighted by Crippen LogP contribution is 2.27. The highest BCUT2D eigenvalue weighted by atomic mass is 19.1. The zero-order chi connectivity index (χ0) is 20.9. The molecule has 0 aliphatic rings. The van der Waals surface area contributed by atoms with E-state index in [2.05, 4.69) is 55.2 Å². The molecule has 0 saturated carbocycles. The molecule has 0 radical (unpaired) electrons. The maximum atomic E-state index is 13.3. The average Bonchev–Trinajstić information content (AvgIpc) is 2.74. The lowest BCUT2D eigenvalue weighted by molar-refractivity contribution is 0.582. The Morgan fingerprint density at radius 3 is 2.03 bits per heavy atom. The monoisotopic (exact) mass is 398 g/mol. The van der Waals surface area contributed by atoms with Crippen molar-refractivity contribution in [2.45, 2.75) is 39.0 Å². The van der Waals surface area contributed by atoms with Gasteiger partial charge in [-0.1, -0.05) is 74.4 Å². The molecule has 0 aliphatic carbocycles. The molecule has 4 aromatic carbocycles. The van der Waals surface area contributed by atoms with Gasteiger partial charge in [-0.25, -0.2) is 8.78 Å². The molecular weight excluding hydrogens is 374 g/mol. The average molecular weight is 398 g/mol. The minimum absolute atomic E-state index is 0.331. The van der Waals surface area contributed by atoms with Gasteiger partial charge in [-0.2, -0.15) is 0 Å². The smallest absolute Gasteiger partial charge is 0.127 e. The third-order valence-electron chi connectivity index (χ3n) is 5.43. The van der Waals surface area contributed by atoms with Gasteiger partial charge in [0.15, 0.2) is 0 Å². The first-order valence-corrected chi connectivity index (χ1v) is 10.6. The van der Waals surface area contributed by atoms with Crippen molar-refractivity contribution in [3.8, 4) is 11.8 Å². The maximum absolute atomic E-state index is 13.3. The predicted octanol–water partition coefficient (Wildman–Crippen LogP) is 7.79. The lowest BCUT2D eigenvalue weighted by Gasteiger charge is -2.07. The molecule has 4 rings (SSSR count). The fourth-order valence-corrected chi connectivity index (χ4v) is 3.88. The quantitative estimate of drug-likeness (QED) is 0.183. The first-order chi connectivity index (χ1) is 14.6. The first-order valence-electron chi connectivity index (χ1n) is 10.6. The molecule has 150 valence electrons. The van der Waals surface area contributed by atoms with E-state index in [-0.39, 0.29) is 0 Å². The van der Waals surface area contributed by atoms with E-state index in [4.69, 9.17) is 0 Å². The number of hydrogen-bond donors (Lipinski definition) is 0. The van der Waals surface area contributed by atoms with Gasteiger partial charge in [-0.05, 0) is 64.2 Å². The van der Waals surface area contributed by atoms with Crippen molar-refractivity contribution in [2.75, 3.05) is 0 Å². The Balaban J connectivity index is 1.61. The summed E-state index contributed by atoms with van der Waals surface area (Å²) in [5, 5.41) is 4.78. The van der Waals surface area contributed by atoms with E-state index in [9.17, 15) is 8.78 Å². The van der Waals surface area contributed by atoms with Crippen molar-refractivity contribution >= 4 is 21.5 Å². The third-order valence-corrected chi connectivity index (χ3v) is 5.43. The van der Waals surface area contributed by atoms with Crippen LogP contribution in [0.3, 0.4) is 0 Å². The van der Waals surface area contributed by atoms with E-state index in [1.165, 1.54) is 59.5 Å². The summed E-state index contributed by atoms with van der Waals surface area (Å²) < 4.78 is 26.7. The molecule has 0 bridgehead atoms. The Kier molecular flexibility index (Phi) is 6.10. The predicted molar refractivity (Wildman–Crippen MR) is 122 cm³/mol. The van der Waals surface area contributed by atoms with Crippen molar-refractivity contribution in [1.29, 1.82) is 0 Å². The number of rotatable bonds is 5. The maximum Gasteiger partial charge on any atom is 0.127 e. The summed E-state index contributed by atoms with van der Waals surface area (Å²) in [7, 11) is 0. The van der Waals surface area contributed by atoms with E-state index in [0.29, 0.717) is 5.56 Å². The van der Waals surface area contributed by atoms with E-state index in [1.54, 1.807) is 0 Å². The molecule has 2 heteroatoms. The summed E-state index contributed by atoms with van der Waals surface area (Å²) in [5.74, 6) is 4.63. The number of fused-ring (bicyclic) bond motifs is 3. The second-order valence-electron chi connectivity index (χ2n) is 7.78. The molecule has 0 heterocycles. The lowest BCUT2D eigenvalue weighted by Crippen LogP contribution is -1.87. The van der Waals surface area contributed by atoms with Crippen LogP contribution in [0.4, 0.5) is 8.78 Å². The van der Waals surface area contributed by atoms with Crippen LogP contribution in [0.5, 0.6) is 0 Å². The number of unbranched alkanes of at least 4 members (excludes halogenated alkanes) is 3. The Hall–Kier alpha value is -3.18. The molecule has 0 amide bonds. The summed E-state index contributed by atoms with van der Waals surface area (Å²) in [5.41, 5.74) is 2.54. The normalized spacial score (nSPS) is 10.9. The van der Waals surface area contributed by atoms with Gasteiger partial charge < -0.3 is 0 Å². The minimum Gasteiger partial charge on any atom is -0.207 e. The van der Waals surface area contributed by atoms with Crippen molar-refractivity contribution in [2.24, 2.45) is 0 Å². The van der Waals surface area contributed by atoms with Gasteiger partial charge in [0.2, 0.25) is 0 Å². The standard InChI is InChI=1S/C28H24F2/c1-2-3-4-5-6-20-9-13-27-23(15-20)11-12-24-16-21(10-14-28(24)27)7-8-22-17-25(29)19-26(30)18-22/h9-19H,2-6H2,1H3. The van der Waals surface area contributed by atoms with Gasteiger partial charge in [0, 0.05) is 17.2 Å². The molecule has 4 aromatic rings. The van der Waals surface area contributed by atoms with Crippen LogP contribution in [0, 0.1) is 23.5 Å². The molecule has 0 nitrogen and oxygen atoms in total. The fraction of sp³-hybridized carbons (Fsp3) is 0.214. The molecule has 0 N–H and O–H groups in total. The first kappa shape index (κ1) is 20.1. The summed E-state index contributed by atoms with van der Waals surface area (Å²) in [6.07, 6.45) is 6.22. The SMILES string of the molecule is CCCCCCc1ccc2c(ccc3cc(C#Cc4cc(F)cc(F)c4)ccc32)c1. The third kappa shape index (κ3) is 4.69. The summed E-state index contributed by atoms with van der Waals surface area (Å²) in [6.45, 7) is 2.24. The molecule has 0 unspecified atom stereocenters. The zero-order valence-corrected chi connectivity index (χ0v) is 17.1. The summed E-state index contributed by atoms with van der Waals surface area (Å²) in [6, 6.07) is 20.4. The van der Waals surface area contributed by atoms with E-state index >= 15 is 0 Å². The van der Waals surface area contributed by atoms with E-state index < -0.39 is 11.6 Å². The van der Waals surface area contributed by atoms with Crippen LogP contribution in [0.2, 0.25) is 0 Å². The van der Waals surface area contributed by atoms with Gasteiger partial charge in [0.05, 0.1) is 0 Å². The minimum atomic E-state index is -0.617. The largest absolute Gasteiger partial charge is 0.207 e. The molecule has 0 fully saturated rings. The Morgan fingerprint density at radius 1 is 0.633 bits per heavy atom. The summed E-state index contributed by atoms with van der Waals surface area (Å²) >= 11 is 0. The topological polar surface area (TPSA) is 0 Å². The Morgan fingerprint density at radius 2 is 1.30 bits per heavy atom. The van der Waals surface area contributed by atoms with Gasteiger partial charge >= 0.3 is 0 Å². The molecular formula is C28H24F2. The Labute approximate surface area is 176 Å². The number of hydrogen-bond acceptors (Lipinski definition) is 0. The molecule has 0 spiro atoms. The Bertz CT molecular complexity index is 1240. The second-order valence-corrected chi connectivity index (χ2v) is 7.78. The van der Waals surface area contributed by atoms with Crippen molar-refractivity contribution in [1.82, 2.24) is 0 Å². The van der Waals surface area contributed by atoms with Gasteiger partial charge in [-0.15, -0.1) is 0 Å². The van der Waals surface area contributed by atoms with E-state index in [0.717, 1.165) is 23.4 Å². The zero-order valence-electron chi connectivity index (χ0n) is 17.1. The van der Waals surface area contributed by atoms with Crippen LogP contribution >= 0.6 is 0 Å². The van der Waals surface area contributed by atoms with Crippen LogP contribution in [0.25, 0.3) is 21.5 Å². The van der Waals surface area contributed by atoms with Crippen LogP contribution in [0.1, 0.15) is 49.3 Å². The highest BCUT2D eigenvalue weighted by molar-refractivity contribution is 6.07. The molecule has 0 saturated heterocycles. The van der Waals surface area contributed by atoms with Crippen molar-refractivity contribution in [3.63, 3.8) is 0 Å². The second kappa shape index (κ2) is 9.09. The number of aryl methyl sites for hydroxylation is 1. The van der Waals surface area contributed by atoms with Crippen LogP contribution < -0.4 is 0 Å². The van der Waals surface area contributed by atoms with Gasteiger partial charge in [-0.3, -0.25) is 0 Å². The van der Waals surface area contributed by atoms with Crippen LogP contribution in [-0.4, -0.2) is 0 Å². The number of halogens is 2. The molecule has 0 atom stereocenters. The number of benzene rings is 4. The van der Waals surface area contributed by atoms with Crippen LogP contribution in [0.15, 0.2) is 66.7 Å². The van der Waals surface area contributed by atoms with Crippen LogP contribution in [-0.2, 0) is 6.42 Å². The lowest BCUT2D eigenvalue weighted by atomic mass is 9.97. The van der Waals surface area contributed by atoms with Crippen molar-refractivity contribution in [3.05, 3.63) is 95.1 Å².